The minimum absolute atomic E-state index is 0. The monoisotopic (exact) mass is 346 g/mol. The number of benzene rings is 1. The number of nitrogens with one attached hydrogen (secondary N) is 1. The van der Waals surface area contributed by atoms with Crippen molar-refractivity contribution in [2.24, 2.45) is 5.73 Å². The van der Waals surface area contributed by atoms with Crippen LogP contribution in [0.1, 0.15) is 23.4 Å². The van der Waals surface area contributed by atoms with Gasteiger partial charge < -0.3 is 11.1 Å². The maximum atomic E-state index is 11.5. The minimum Gasteiger partial charge on any atom is -0.330 e. The largest absolute Gasteiger partial charge is 0.330 e. The molecule has 1 amide bonds. The number of hydrogen-bond donors (Lipinski definition) is 2. The molecule has 2 rings (SSSR count). The van der Waals surface area contributed by atoms with Crippen LogP contribution in [0.3, 0.4) is 0 Å². The van der Waals surface area contributed by atoms with E-state index in [0.29, 0.717) is 36.0 Å². The number of carbonyl (C=O) groups is 1. The van der Waals surface area contributed by atoms with Crippen LogP contribution in [0.2, 0.25) is 5.02 Å². The first-order chi connectivity index (χ1) is 9.67. The minimum atomic E-state index is -0.0825. The maximum absolute atomic E-state index is 11.5. The Morgan fingerprint density at radius 3 is 2.90 bits per heavy atom. The fourth-order valence-corrected chi connectivity index (χ4v) is 2.64. The predicted molar refractivity (Wildman–Crippen MR) is 88.3 cm³/mol. The van der Waals surface area contributed by atoms with Crippen molar-refractivity contribution in [2.75, 3.05) is 11.9 Å². The third-order valence-electron chi connectivity index (χ3n) is 2.57. The molecule has 0 saturated heterocycles. The number of nitrogens with two attached hydrogens (primary N) is 1. The quantitative estimate of drug-likeness (QED) is 0.842. The van der Waals surface area contributed by atoms with E-state index in [1.54, 1.807) is 0 Å². The highest BCUT2D eigenvalue weighted by molar-refractivity contribution is 7.15. The molecule has 0 bridgehead atoms. The van der Waals surface area contributed by atoms with Gasteiger partial charge in [-0.05, 0) is 30.7 Å². The molecule has 0 unspecified atom stereocenters. The van der Waals surface area contributed by atoms with Crippen LogP contribution in [-0.4, -0.2) is 22.6 Å². The van der Waals surface area contributed by atoms with Crippen LogP contribution in [0.25, 0.3) is 0 Å². The van der Waals surface area contributed by atoms with Gasteiger partial charge in [0.2, 0.25) is 11.0 Å². The molecule has 0 radical (unpaired) electrons. The highest BCUT2D eigenvalue weighted by Gasteiger charge is 2.08. The van der Waals surface area contributed by atoms with Gasteiger partial charge in [-0.15, -0.1) is 22.6 Å². The third kappa shape index (κ3) is 5.97. The average Bonchev–Trinajstić information content (AvgIpc) is 2.83. The van der Waals surface area contributed by atoms with E-state index < -0.39 is 0 Å². The van der Waals surface area contributed by atoms with Crippen molar-refractivity contribution in [3.8, 4) is 0 Å². The summed E-state index contributed by atoms with van der Waals surface area (Å²) >= 11 is 7.30. The van der Waals surface area contributed by atoms with Crippen LogP contribution in [-0.2, 0) is 11.2 Å². The number of nitrogens with zero attached hydrogens (tertiary/aromatic N) is 2. The molecule has 0 fully saturated rings. The number of rotatable bonds is 6. The second kappa shape index (κ2) is 8.94. The summed E-state index contributed by atoms with van der Waals surface area (Å²) in [6.45, 7) is 0.504. The average molecular weight is 347 g/mol. The lowest BCUT2D eigenvalue weighted by molar-refractivity contribution is -0.116. The van der Waals surface area contributed by atoms with Gasteiger partial charge in [0.05, 0.1) is 0 Å². The fourth-order valence-electron chi connectivity index (χ4n) is 1.64. The Hall–Kier alpha value is -1.21. The number of halogens is 2. The van der Waals surface area contributed by atoms with Gasteiger partial charge in [-0.3, -0.25) is 4.79 Å². The van der Waals surface area contributed by atoms with Gasteiger partial charge in [0, 0.05) is 17.9 Å². The summed E-state index contributed by atoms with van der Waals surface area (Å²) in [6, 6.07) is 7.59. The zero-order valence-electron chi connectivity index (χ0n) is 11.2. The lowest BCUT2D eigenvalue weighted by atomic mass is 10.2. The van der Waals surface area contributed by atoms with Crippen LogP contribution in [0.15, 0.2) is 24.3 Å². The van der Waals surface area contributed by atoms with Gasteiger partial charge in [0.25, 0.3) is 0 Å². The van der Waals surface area contributed by atoms with E-state index in [4.69, 9.17) is 17.3 Å². The molecule has 5 nitrogen and oxygen atoms in total. The van der Waals surface area contributed by atoms with Gasteiger partial charge >= 0.3 is 0 Å². The molecule has 0 aliphatic rings. The second-order valence-electron chi connectivity index (χ2n) is 4.25. The van der Waals surface area contributed by atoms with Crippen LogP contribution in [0, 0.1) is 0 Å². The first kappa shape index (κ1) is 17.8. The van der Waals surface area contributed by atoms with Gasteiger partial charge in [-0.1, -0.05) is 35.1 Å². The maximum Gasteiger partial charge on any atom is 0.226 e. The number of amides is 1. The lowest BCUT2D eigenvalue weighted by Crippen LogP contribution is -2.13. The molecular formula is C13H16Cl2N4OS. The van der Waals surface area contributed by atoms with Crippen molar-refractivity contribution in [3.05, 3.63) is 39.9 Å². The van der Waals surface area contributed by atoms with E-state index in [1.807, 2.05) is 24.3 Å². The van der Waals surface area contributed by atoms with Crippen molar-refractivity contribution >= 4 is 46.4 Å². The molecule has 0 aliphatic heterocycles. The normalized spacial score (nSPS) is 10.0. The Morgan fingerprint density at radius 2 is 2.19 bits per heavy atom. The van der Waals surface area contributed by atoms with E-state index in [0.717, 1.165) is 10.6 Å². The van der Waals surface area contributed by atoms with Gasteiger partial charge in [0.15, 0.2) is 0 Å². The van der Waals surface area contributed by atoms with Crippen molar-refractivity contribution in [3.63, 3.8) is 0 Å². The van der Waals surface area contributed by atoms with Gasteiger partial charge in [-0.2, -0.15) is 0 Å². The summed E-state index contributed by atoms with van der Waals surface area (Å²) in [4.78, 5) is 11.5. The first-order valence-corrected chi connectivity index (χ1v) is 7.43. The van der Waals surface area contributed by atoms with E-state index in [1.165, 1.54) is 11.3 Å². The molecule has 21 heavy (non-hydrogen) atoms. The SMILES string of the molecule is Cl.NCCCC(=O)Nc1nnc(Cc2cccc(Cl)c2)s1. The Balaban J connectivity index is 0.00000220. The molecule has 114 valence electrons. The summed E-state index contributed by atoms with van der Waals surface area (Å²) in [6.07, 6.45) is 1.72. The number of anilines is 1. The molecule has 1 aromatic heterocycles. The zero-order chi connectivity index (χ0) is 14.4. The summed E-state index contributed by atoms with van der Waals surface area (Å²) in [7, 11) is 0. The summed E-state index contributed by atoms with van der Waals surface area (Å²) in [5.74, 6) is -0.0825. The molecule has 0 aliphatic carbocycles. The number of aromatic nitrogens is 2. The molecule has 1 aromatic carbocycles. The summed E-state index contributed by atoms with van der Waals surface area (Å²) in [5.41, 5.74) is 6.42. The van der Waals surface area contributed by atoms with Gasteiger partial charge in [0.1, 0.15) is 5.01 Å². The second-order valence-corrected chi connectivity index (χ2v) is 5.75. The molecule has 2 aromatic rings. The topological polar surface area (TPSA) is 80.9 Å². The Bertz CT molecular complexity index is 591. The predicted octanol–water partition coefficient (Wildman–Crippen LogP) is 2.88. The summed E-state index contributed by atoms with van der Waals surface area (Å²) < 4.78 is 0. The Labute approximate surface area is 138 Å². The molecule has 0 atom stereocenters. The standard InChI is InChI=1S/C13H15ClN4OS.ClH/c14-10-4-1-3-9(7-10)8-12-17-18-13(20-12)16-11(19)5-2-6-15;/h1,3-4,7H,2,5-6,8,15H2,(H,16,18,19);1H. The third-order valence-corrected chi connectivity index (χ3v) is 3.64. The van der Waals surface area contributed by atoms with Crippen LogP contribution < -0.4 is 11.1 Å². The molecular weight excluding hydrogens is 331 g/mol. The Morgan fingerprint density at radius 1 is 1.38 bits per heavy atom. The van der Waals surface area contributed by atoms with Crippen molar-refractivity contribution in [2.45, 2.75) is 19.3 Å². The lowest BCUT2D eigenvalue weighted by Gasteiger charge is -1.99. The van der Waals surface area contributed by atoms with Crippen LogP contribution in [0.5, 0.6) is 0 Å². The molecule has 8 heteroatoms. The fraction of sp³-hybridized carbons (Fsp3) is 0.308. The van der Waals surface area contributed by atoms with Crippen molar-refractivity contribution in [1.82, 2.24) is 10.2 Å². The van der Waals surface area contributed by atoms with Crippen molar-refractivity contribution < 1.29 is 4.79 Å². The smallest absolute Gasteiger partial charge is 0.226 e. The van der Waals surface area contributed by atoms with E-state index in [-0.39, 0.29) is 18.3 Å². The Kier molecular flexibility index (Phi) is 7.60. The van der Waals surface area contributed by atoms with Crippen LogP contribution >= 0.6 is 35.3 Å². The highest BCUT2D eigenvalue weighted by atomic mass is 35.5. The molecule has 0 spiro atoms. The number of hydrogen-bond acceptors (Lipinski definition) is 5. The highest BCUT2D eigenvalue weighted by Crippen LogP contribution is 2.20. The zero-order valence-corrected chi connectivity index (χ0v) is 13.6. The van der Waals surface area contributed by atoms with E-state index in [9.17, 15) is 4.79 Å². The van der Waals surface area contributed by atoms with E-state index in [2.05, 4.69) is 15.5 Å². The number of carbonyl (C=O) groups excluding carboxylic acids is 1. The molecule has 1 heterocycles. The van der Waals surface area contributed by atoms with E-state index >= 15 is 0 Å². The molecule has 0 saturated carbocycles. The van der Waals surface area contributed by atoms with Crippen molar-refractivity contribution in [1.29, 1.82) is 0 Å². The first-order valence-electron chi connectivity index (χ1n) is 6.24. The molecule has 3 N–H and O–H groups in total. The van der Waals surface area contributed by atoms with Gasteiger partial charge in [-0.25, -0.2) is 0 Å². The summed E-state index contributed by atoms with van der Waals surface area (Å²) in [5, 5.41) is 12.8. The van der Waals surface area contributed by atoms with Crippen LogP contribution in [0.4, 0.5) is 5.13 Å².